The van der Waals surface area contributed by atoms with Gasteiger partial charge in [-0.3, -0.25) is 4.79 Å². The van der Waals surface area contributed by atoms with Crippen LogP contribution in [0.3, 0.4) is 0 Å². The molecule has 0 aliphatic carbocycles. The third kappa shape index (κ3) is 4.51. The number of hydrogen-bond donors (Lipinski definition) is 1. The number of rotatable bonds is 7. The summed E-state index contributed by atoms with van der Waals surface area (Å²) in [5.74, 6) is -0.324. The molecule has 0 radical (unpaired) electrons. The maximum atomic E-state index is 14.2. The van der Waals surface area contributed by atoms with Crippen LogP contribution in [0.4, 0.5) is 14.6 Å². The largest absolute Gasteiger partial charge is 0.451 e. The summed E-state index contributed by atoms with van der Waals surface area (Å²) in [5.41, 5.74) is 5.75. The second-order valence-corrected chi connectivity index (χ2v) is 7.55. The first kappa shape index (κ1) is 21.9. The first-order chi connectivity index (χ1) is 14.3. The quantitative estimate of drug-likeness (QED) is 0.743. The normalized spacial score (nSPS) is 18.7. The molecule has 2 N–H and O–H groups in total. The molecule has 162 valence electrons. The van der Waals surface area contributed by atoms with Crippen LogP contribution in [0.15, 0.2) is 30.7 Å². The molecular formula is C21H27F2N5O2. The molecule has 2 atom stereocenters. The van der Waals surface area contributed by atoms with Gasteiger partial charge in [-0.05, 0) is 45.5 Å². The lowest BCUT2D eigenvalue weighted by Crippen LogP contribution is -2.36. The van der Waals surface area contributed by atoms with Crippen molar-refractivity contribution in [2.45, 2.75) is 33.0 Å². The van der Waals surface area contributed by atoms with Gasteiger partial charge in [-0.25, -0.2) is 18.7 Å². The molecule has 1 fully saturated rings. The van der Waals surface area contributed by atoms with Crippen LogP contribution in [0.2, 0.25) is 0 Å². The molecule has 1 aliphatic heterocycles. The van der Waals surface area contributed by atoms with E-state index < -0.39 is 12.0 Å². The van der Waals surface area contributed by atoms with E-state index in [4.69, 9.17) is 10.5 Å². The number of alkyl halides is 1. The van der Waals surface area contributed by atoms with Gasteiger partial charge in [0.2, 0.25) is 0 Å². The fourth-order valence-corrected chi connectivity index (χ4v) is 3.62. The first-order valence-corrected chi connectivity index (χ1v) is 10.0. The summed E-state index contributed by atoms with van der Waals surface area (Å²) in [6.07, 6.45) is 1.73. The molecule has 7 nitrogen and oxygen atoms in total. The van der Waals surface area contributed by atoms with Crippen molar-refractivity contribution in [3.05, 3.63) is 42.1 Å². The SMILES string of the molecule is CCN(C(=O)c1cc(F)ccc1Oc1cncnc1N1C[C@@H](CN)[C@H](F)C1)C(C)C. The van der Waals surface area contributed by atoms with Gasteiger partial charge in [-0.1, -0.05) is 0 Å². The molecule has 0 spiro atoms. The van der Waals surface area contributed by atoms with Gasteiger partial charge in [0.25, 0.3) is 5.91 Å². The molecule has 1 aromatic heterocycles. The van der Waals surface area contributed by atoms with E-state index in [-0.39, 0.29) is 48.0 Å². The summed E-state index contributed by atoms with van der Waals surface area (Å²) in [6.45, 7) is 6.88. The zero-order valence-corrected chi connectivity index (χ0v) is 17.4. The predicted molar refractivity (Wildman–Crippen MR) is 110 cm³/mol. The van der Waals surface area contributed by atoms with E-state index in [1.165, 1.54) is 24.7 Å². The van der Waals surface area contributed by atoms with Crippen molar-refractivity contribution in [3.63, 3.8) is 0 Å². The van der Waals surface area contributed by atoms with Gasteiger partial charge in [0.1, 0.15) is 24.1 Å². The summed E-state index contributed by atoms with van der Waals surface area (Å²) >= 11 is 0. The molecule has 9 heteroatoms. The highest BCUT2D eigenvalue weighted by atomic mass is 19.1. The van der Waals surface area contributed by atoms with Crippen LogP contribution in [-0.2, 0) is 0 Å². The highest BCUT2D eigenvalue weighted by Crippen LogP contribution is 2.35. The maximum absolute atomic E-state index is 14.2. The molecule has 30 heavy (non-hydrogen) atoms. The van der Waals surface area contributed by atoms with E-state index in [0.29, 0.717) is 18.9 Å². The Hall–Kier alpha value is -2.81. The van der Waals surface area contributed by atoms with Gasteiger partial charge in [-0.2, -0.15) is 0 Å². The summed E-state index contributed by atoms with van der Waals surface area (Å²) < 4.78 is 34.1. The molecule has 0 saturated carbocycles. The van der Waals surface area contributed by atoms with E-state index >= 15 is 0 Å². The second kappa shape index (κ2) is 9.34. The van der Waals surface area contributed by atoms with Crippen LogP contribution >= 0.6 is 0 Å². The number of nitrogens with two attached hydrogens (primary N) is 1. The van der Waals surface area contributed by atoms with Gasteiger partial charge in [-0.15, -0.1) is 0 Å². The lowest BCUT2D eigenvalue weighted by Gasteiger charge is -2.26. The lowest BCUT2D eigenvalue weighted by molar-refractivity contribution is 0.0713. The van der Waals surface area contributed by atoms with Gasteiger partial charge >= 0.3 is 0 Å². The van der Waals surface area contributed by atoms with Crippen molar-refractivity contribution in [1.29, 1.82) is 0 Å². The van der Waals surface area contributed by atoms with Crippen LogP contribution in [0, 0.1) is 11.7 Å². The summed E-state index contributed by atoms with van der Waals surface area (Å²) in [4.78, 5) is 24.6. The van der Waals surface area contributed by atoms with Gasteiger partial charge < -0.3 is 20.3 Å². The fraction of sp³-hybridized carbons (Fsp3) is 0.476. The molecule has 1 amide bonds. The average Bonchev–Trinajstić information content (AvgIpc) is 3.10. The zero-order chi connectivity index (χ0) is 21.8. The van der Waals surface area contributed by atoms with Crippen molar-refractivity contribution >= 4 is 11.7 Å². The van der Waals surface area contributed by atoms with Crippen LogP contribution in [-0.4, -0.2) is 59.2 Å². The Morgan fingerprint density at radius 1 is 1.37 bits per heavy atom. The number of carbonyl (C=O) groups excluding carboxylic acids is 1. The fourth-order valence-electron chi connectivity index (χ4n) is 3.62. The Morgan fingerprint density at radius 2 is 2.13 bits per heavy atom. The molecule has 0 unspecified atom stereocenters. The minimum Gasteiger partial charge on any atom is -0.451 e. The van der Waals surface area contributed by atoms with Crippen molar-refractivity contribution in [2.24, 2.45) is 11.7 Å². The molecule has 1 aliphatic rings. The number of benzene rings is 1. The third-order valence-electron chi connectivity index (χ3n) is 5.24. The number of halogens is 2. The van der Waals surface area contributed by atoms with Crippen LogP contribution < -0.4 is 15.4 Å². The summed E-state index contributed by atoms with van der Waals surface area (Å²) in [6, 6.07) is 3.72. The number of carbonyl (C=O) groups is 1. The molecular weight excluding hydrogens is 392 g/mol. The monoisotopic (exact) mass is 419 g/mol. The summed E-state index contributed by atoms with van der Waals surface area (Å²) in [7, 11) is 0. The molecule has 3 rings (SSSR count). The maximum Gasteiger partial charge on any atom is 0.257 e. The zero-order valence-electron chi connectivity index (χ0n) is 17.4. The molecule has 1 saturated heterocycles. The van der Waals surface area contributed by atoms with Crippen molar-refractivity contribution in [1.82, 2.24) is 14.9 Å². The van der Waals surface area contributed by atoms with E-state index in [1.807, 2.05) is 20.8 Å². The number of anilines is 1. The van der Waals surface area contributed by atoms with Crippen LogP contribution in [0.5, 0.6) is 11.5 Å². The third-order valence-corrected chi connectivity index (χ3v) is 5.24. The first-order valence-electron chi connectivity index (χ1n) is 10.0. The molecule has 2 aromatic rings. The van der Waals surface area contributed by atoms with E-state index in [2.05, 4.69) is 9.97 Å². The van der Waals surface area contributed by atoms with E-state index in [0.717, 1.165) is 6.07 Å². The van der Waals surface area contributed by atoms with E-state index in [9.17, 15) is 13.6 Å². The van der Waals surface area contributed by atoms with Crippen LogP contribution in [0.1, 0.15) is 31.1 Å². The molecule has 0 bridgehead atoms. The number of amides is 1. The van der Waals surface area contributed by atoms with Gasteiger partial charge in [0.15, 0.2) is 11.6 Å². The molecule has 2 heterocycles. The number of ether oxygens (including phenoxy) is 1. The van der Waals surface area contributed by atoms with Crippen molar-refractivity contribution in [3.8, 4) is 11.5 Å². The standard InChI is InChI=1S/C21H27F2N5O2/c1-4-28(13(2)3)21(29)16-7-15(22)5-6-18(16)30-19-9-25-12-26-20(19)27-10-14(8-24)17(23)11-27/h5-7,9,12-14,17H,4,8,10-11,24H2,1-3H3/t14-,17-/m1/s1. The van der Waals surface area contributed by atoms with E-state index in [1.54, 1.807) is 9.80 Å². The smallest absolute Gasteiger partial charge is 0.257 e. The Balaban J connectivity index is 1.94. The highest BCUT2D eigenvalue weighted by Gasteiger charge is 2.34. The van der Waals surface area contributed by atoms with Gasteiger partial charge in [0.05, 0.1) is 18.3 Å². The second-order valence-electron chi connectivity index (χ2n) is 7.55. The minimum atomic E-state index is -1.06. The van der Waals surface area contributed by atoms with Crippen LogP contribution in [0.25, 0.3) is 0 Å². The average molecular weight is 419 g/mol. The van der Waals surface area contributed by atoms with Crippen molar-refractivity contribution < 1.29 is 18.3 Å². The topological polar surface area (TPSA) is 84.6 Å². The Kier molecular flexibility index (Phi) is 6.81. The number of aromatic nitrogens is 2. The van der Waals surface area contributed by atoms with Gasteiger partial charge in [0, 0.05) is 25.0 Å². The Labute approximate surface area is 174 Å². The van der Waals surface area contributed by atoms with Crippen molar-refractivity contribution in [2.75, 3.05) is 31.1 Å². The Morgan fingerprint density at radius 3 is 2.77 bits per heavy atom. The molecule has 1 aromatic carbocycles. The highest BCUT2D eigenvalue weighted by molar-refractivity contribution is 5.97. The predicted octanol–water partition coefficient (Wildman–Crippen LogP) is 3.01. The number of nitrogens with zero attached hydrogens (tertiary/aromatic N) is 4. The lowest BCUT2D eigenvalue weighted by atomic mass is 10.1. The minimum absolute atomic E-state index is 0.0616. The summed E-state index contributed by atoms with van der Waals surface area (Å²) in [5, 5.41) is 0. The Bertz CT molecular complexity index is 895. The number of hydrogen-bond acceptors (Lipinski definition) is 6.